The summed E-state index contributed by atoms with van der Waals surface area (Å²) in [5, 5.41) is 0. The van der Waals surface area contributed by atoms with Crippen LogP contribution in [0.2, 0.25) is 0 Å². The zero-order valence-electron chi connectivity index (χ0n) is 9.79. The van der Waals surface area contributed by atoms with E-state index < -0.39 is 0 Å². The Labute approximate surface area is 92.4 Å². The van der Waals surface area contributed by atoms with Gasteiger partial charge in [-0.3, -0.25) is 0 Å². The quantitative estimate of drug-likeness (QED) is 0.674. The highest BCUT2D eigenvalue weighted by Gasteiger charge is 2.16. The fourth-order valence-corrected chi connectivity index (χ4v) is 2.39. The lowest BCUT2D eigenvalue weighted by Gasteiger charge is -2.21. The van der Waals surface area contributed by atoms with Crippen molar-refractivity contribution in [2.24, 2.45) is 4.99 Å². The van der Waals surface area contributed by atoms with Crippen molar-refractivity contribution in [2.75, 3.05) is 13.1 Å². The average Bonchev–Trinajstić information content (AvgIpc) is 2.62. The molecule has 0 N–H and O–H groups in total. The third kappa shape index (κ3) is 2.14. The first-order valence-corrected chi connectivity index (χ1v) is 6.05. The van der Waals surface area contributed by atoms with E-state index in [4.69, 9.17) is 0 Å². The van der Waals surface area contributed by atoms with E-state index in [0.717, 1.165) is 19.5 Å². The van der Waals surface area contributed by atoms with Gasteiger partial charge in [0.05, 0.1) is 0 Å². The SMILES string of the molecule is CCN(CC)C1=NC=C2CCCC2=CC1. The summed E-state index contributed by atoms with van der Waals surface area (Å²) in [6.07, 6.45) is 9.28. The topological polar surface area (TPSA) is 15.6 Å². The molecular weight excluding hydrogens is 184 g/mol. The molecule has 0 saturated heterocycles. The number of hydrogen-bond acceptors (Lipinski definition) is 2. The van der Waals surface area contributed by atoms with Crippen LogP contribution in [0, 0.1) is 0 Å². The lowest BCUT2D eigenvalue weighted by Crippen LogP contribution is -2.29. The second kappa shape index (κ2) is 4.65. The molecule has 0 radical (unpaired) electrons. The number of amidine groups is 1. The third-order valence-electron chi connectivity index (χ3n) is 3.33. The van der Waals surface area contributed by atoms with Crippen molar-refractivity contribution < 1.29 is 0 Å². The molecule has 0 spiro atoms. The number of rotatable bonds is 2. The molecule has 1 heterocycles. The van der Waals surface area contributed by atoms with Crippen LogP contribution in [0.25, 0.3) is 0 Å². The van der Waals surface area contributed by atoms with Crippen LogP contribution in [-0.2, 0) is 0 Å². The molecule has 0 aromatic rings. The summed E-state index contributed by atoms with van der Waals surface area (Å²) in [5.74, 6) is 1.23. The van der Waals surface area contributed by atoms with Gasteiger partial charge in [0.15, 0.2) is 0 Å². The van der Waals surface area contributed by atoms with E-state index in [-0.39, 0.29) is 0 Å². The van der Waals surface area contributed by atoms with Crippen LogP contribution in [-0.4, -0.2) is 23.8 Å². The van der Waals surface area contributed by atoms with Crippen LogP contribution in [0.1, 0.15) is 39.5 Å². The molecule has 1 fully saturated rings. The maximum atomic E-state index is 4.64. The molecule has 0 aromatic carbocycles. The zero-order valence-corrected chi connectivity index (χ0v) is 9.79. The van der Waals surface area contributed by atoms with Gasteiger partial charge in [0, 0.05) is 25.7 Å². The summed E-state index contributed by atoms with van der Waals surface area (Å²) in [7, 11) is 0. The molecular formula is C13H20N2. The minimum atomic E-state index is 1.01. The second-order valence-electron chi connectivity index (χ2n) is 4.16. The van der Waals surface area contributed by atoms with Gasteiger partial charge in [0.2, 0.25) is 0 Å². The maximum Gasteiger partial charge on any atom is 0.108 e. The van der Waals surface area contributed by atoms with Gasteiger partial charge in [-0.1, -0.05) is 6.08 Å². The van der Waals surface area contributed by atoms with E-state index in [2.05, 4.69) is 36.0 Å². The van der Waals surface area contributed by atoms with Crippen molar-refractivity contribution in [1.29, 1.82) is 0 Å². The van der Waals surface area contributed by atoms with Gasteiger partial charge in [-0.25, -0.2) is 4.99 Å². The summed E-state index contributed by atoms with van der Waals surface area (Å²) in [6.45, 7) is 6.50. The normalized spacial score (nSPS) is 20.0. The number of aliphatic imine (C=N–C) groups is 1. The second-order valence-corrected chi connectivity index (χ2v) is 4.16. The zero-order chi connectivity index (χ0) is 10.7. The summed E-state index contributed by atoms with van der Waals surface area (Å²) < 4.78 is 0. The molecule has 2 heteroatoms. The van der Waals surface area contributed by atoms with Crippen LogP contribution >= 0.6 is 0 Å². The molecule has 0 amide bonds. The molecule has 1 aliphatic heterocycles. The molecule has 2 rings (SSSR count). The van der Waals surface area contributed by atoms with Gasteiger partial charge in [0.25, 0.3) is 0 Å². The highest BCUT2D eigenvalue weighted by molar-refractivity contribution is 5.85. The predicted molar refractivity (Wildman–Crippen MR) is 65.0 cm³/mol. The van der Waals surface area contributed by atoms with E-state index in [1.807, 2.05) is 0 Å². The Hall–Kier alpha value is -1.05. The van der Waals surface area contributed by atoms with Crippen molar-refractivity contribution in [3.05, 3.63) is 23.4 Å². The Balaban J connectivity index is 2.17. The smallest absolute Gasteiger partial charge is 0.108 e. The monoisotopic (exact) mass is 204 g/mol. The Bertz CT molecular complexity index is 319. The van der Waals surface area contributed by atoms with Gasteiger partial charge < -0.3 is 4.90 Å². The van der Waals surface area contributed by atoms with Gasteiger partial charge >= 0.3 is 0 Å². The fraction of sp³-hybridized carbons (Fsp3) is 0.615. The lowest BCUT2D eigenvalue weighted by molar-refractivity contribution is 0.459. The van der Waals surface area contributed by atoms with E-state index in [1.165, 1.54) is 30.7 Å². The summed E-state index contributed by atoms with van der Waals surface area (Å²) >= 11 is 0. The van der Waals surface area contributed by atoms with Crippen molar-refractivity contribution >= 4 is 5.84 Å². The van der Waals surface area contributed by atoms with Gasteiger partial charge in [-0.05, 0) is 44.3 Å². The van der Waals surface area contributed by atoms with Crippen LogP contribution in [0.5, 0.6) is 0 Å². The number of hydrogen-bond donors (Lipinski definition) is 0. The average molecular weight is 204 g/mol. The van der Waals surface area contributed by atoms with Crippen LogP contribution in [0.3, 0.4) is 0 Å². The Morgan fingerprint density at radius 2 is 1.93 bits per heavy atom. The summed E-state index contributed by atoms with van der Waals surface area (Å²) in [5.41, 5.74) is 3.01. The standard InChI is InChI=1S/C13H20N2/c1-3-15(4-2)13-9-8-11-6-5-7-12(11)10-14-13/h8,10H,3-7,9H2,1-2H3. The minimum absolute atomic E-state index is 1.01. The summed E-state index contributed by atoms with van der Waals surface area (Å²) in [6, 6.07) is 0. The van der Waals surface area contributed by atoms with Crippen molar-refractivity contribution in [3.63, 3.8) is 0 Å². The molecule has 1 saturated carbocycles. The van der Waals surface area contributed by atoms with Gasteiger partial charge in [-0.15, -0.1) is 0 Å². The largest absolute Gasteiger partial charge is 0.360 e. The van der Waals surface area contributed by atoms with E-state index in [9.17, 15) is 0 Å². The number of fused-ring (bicyclic) bond motifs is 1. The highest BCUT2D eigenvalue weighted by atomic mass is 15.2. The Morgan fingerprint density at radius 3 is 2.67 bits per heavy atom. The summed E-state index contributed by atoms with van der Waals surface area (Å²) in [4.78, 5) is 6.98. The Kier molecular flexibility index (Phi) is 3.24. The van der Waals surface area contributed by atoms with Crippen LogP contribution in [0.15, 0.2) is 28.4 Å². The molecule has 2 nitrogen and oxygen atoms in total. The molecule has 0 atom stereocenters. The number of allylic oxidation sites excluding steroid dienone is 2. The van der Waals surface area contributed by atoms with Crippen molar-refractivity contribution in [1.82, 2.24) is 4.90 Å². The maximum absolute atomic E-state index is 4.64. The van der Waals surface area contributed by atoms with Crippen LogP contribution < -0.4 is 0 Å². The molecule has 0 bridgehead atoms. The Morgan fingerprint density at radius 1 is 1.20 bits per heavy atom. The van der Waals surface area contributed by atoms with Crippen molar-refractivity contribution in [2.45, 2.75) is 39.5 Å². The first-order chi connectivity index (χ1) is 7.35. The molecule has 0 aromatic heterocycles. The third-order valence-corrected chi connectivity index (χ3v) is 3.33. The lowest BCUT2D eigenvalue weighted by atomic mass is 10.1. The molecule has 15 heavy (non-hydrogen) atoms. The fourth-order valence-electron chi connectivity index (χ4n) is 2.39. The molecule has 2 aliphatic rings. The van der Waals surface area contributed by atoms with Gasteiger partial charge in [-0.2, -0.15) is 0 Å². The number of nitrogens with zero attached hydrogens (tertiary/aromatic N) is 2. The van der Waals surface area contributed by atoms with E-state index in [0.29, 0.717) is 0 Å². The first kappa shape index (κ1) is 10.5. The predicted octanol–water partition coefficient (Wildman–Crippen LogP) is 3.12. The minimum Gasteiger partial charge on any atom is -0.360 e. The molecule has 82 valence electrons. The van der Waals surface area contributed by atoms with E-state index >= 15 is 0 Å². The van der Waals surface area contributed by atoms with Crippen LogP contribution in [0.4, 0.5) is 0 Å². The molecule has 1 aliphatic carbocycles. The van der Waals surface area contributed by atoms with E-state index in [1.54, 1.807) is 5.57 Å². The molecule has 0 unspecified atom stereocenters. The first-order valence-electron chi connectivity index (χ1n) is 6.05. The van der Waals surface area contributed by atoms with Gasteiger partial charge in [0.1, 0.15) is 5.84 Å². The highest BCUT2D eigenvalue weighted by Crippen LogP contribution is 2.32. The van der Waals surface area contributed by atoms with Crippen molar-refractivity contribution in [3.8, 4) is 0 Å².